The van der Waals surface area contributed by atoms with Gasteiger partial charge in [-0.2, -0.15) is 0 Å². The van der Waals surface area contributed by atoms with Gasteiger partial charge in [0.1, 0.15) is 0 Å². The third-order valence-corrected chi connectivity index (χ3v) is 2.76. The first kappa shape index (κ1) is 11.0. The van der Waals surface area contributed by atoms with Gasteiger partial charge in [-0.05, 0) is 25.1 Å². The fraction of sp³-hybridized carbons (Fsp3) is 0.417. The molecule has 1 aliphatic heterocycles. The summed E-state index contributed by atoms with van der Waals surface area (Å²) in [6.45, 7) is 3.85. The third kappa shape index (κ3) is 2.17. The number of carbonyl (C=O) groups is 1. The van der Waals surface area contributed by atoms with Crippen LogP contribution < -0.4 is 5.73 Å². The van der Waals surface area contributed by atoms with Crippen LogP contribution in [0.2, 0.25) is 0 Å². The molecule has 0 aromatic heterocycles. The summed E-state index contributed by atoms with van der Waals surface area (Å²) >= 11 is 0. The molecule has 4 nitrogen and oxygen atoms in total. The predicted molar refractivity (Wildman–Crippen MR) is 62.2 cm³/mol. The van der Waals surface area contributed by atoms with Crippen LogP contribution in [0.3, 0.4) is 0 Å². The summed E-state index contributed by atoms with van der Waals surface area (Å²) in [5.74, 6) is 0.0306. The highest BCUT2D eigenvalue weighted by Crippen LogP contribution is 2.14. The number of nitrogens with two attached hydrogens (primary N) is 1. The first-order valence-electron chi connectivity index (χ1n) is 5.43. The highest BCUT2D eigenvalue weighted by atomic mass is 16.5. The summed E-state index contributed by atoms with van der Waals surface area (Å²) in [7, 11) is 0. The lowest BCUT2D eigenvalue weighted by molar-refractivity contribution is 0.00360. The van der Waals surface area contributed by atoms with Gasteiger partial charge >= 0.3 is 0 Å². The van der Waals surface area contributed by atoms with E-state index >= 15 is 0 Å². The van der Waals surface area contributed by atoms with E-state index in [0.29, 0.717) is 31.0 Å². The Morgan fingerprint density at radius 2 is 2.38 bits per heavy atom. The Balaban J connectivity index is 2.17. The molecule has 0 bridgehead atoms. The predicted octanol–water partition coefficient (Wildman–Crippen LogP) is 1.13. The van der Waals surface area contributed by atoms with E-state index in [-0.39, 0.29) is 11.9 Å². The minimum atomic E-state index is 0.0306. The Morgan fingerprint density at radius 3 is 3.06 bits per heavy atom. The molecule has 1 amide bonds. The molecule has 1 saturated heterocycles. The van der Waals surface area contributed by atoms with Crippen LogP contribution in [-0.4, -0.2) is 36.6 Å². The zero-order valence-corrected chi connectivity index (χ0v) is 9.35. The van der Waals surface area contributed by atoms with Gasteiger partial charge in [-0.1, -0.05) is 6.07 Å². The highest BCUT2D eigenvalue weighted by molar-refractivity contribution is 5.95. The van der Waals surface area contributed by atoms with Gasteiger partial charge in [0.05, 0.1) is 19.3 Å². The van der Waals surface area contributed by atoms with Crippen molar-refractivity contribution in [3.05, 3.63) is 29.8 Å². The van der Waals surface area contributed by atoms with Gasteiger partial charge in [0, 0.05) is 17.8 Å². The van der Waals surface area contributed by atoms with Gasteiger partial charge in [0.2, 0.25) is 0 Å². The molecule has 1 heterocycles. The highest BCUT2D eigenvalue weighted by Gasteiger charge is 2.24. The van der Waals surface area contributed by atoms with Crippen molar-refractivity contribution in [1.82, 2.24) is 4.90 Å². The summed E-state index contributed by atoms with van der Waals surface area (Å²) in [6.07, 6.45) is 0. The number of amides is 1. The van der Waals surface area contributed by atoms with Crippen molar-refractivity contribution in [2.75, 3.05) is 25.5 Å². The van der Waals surface area contributed by atoms with Crippen molar-refractivity contribution in [2.24, 2.45) is 0 Å². The fourth-order valence-corrected chi connectivity index (χ4v) is 1.87. The third-order valence-electron chi connectivity index (χ3n) is 2.76. The molecule has 0 spiro atoms. The summed E-state index contributed by atoms with van der Waals surface area (Å²) in [6, 6.07) is 7.21. The molecular weight excluding hydrogens is 204 g/mol. The van der Waals surface area contributed by atoms with E-state index in [1.54, 1.807) is 24.3 Å². The van der Waals surface area contributed by atoms with Crippen molar-refractivity contribution < 1.29 is 9.53 Å². The molecule has 0 unspecified atom stereocenters. The van der Waals surface area contributed by atoms with E-state index in [0.717, 1.165) is 0 Å². The molecule has 1 aromatic carbocycles. The number of nitrogen functional groups attached to an aromatic ring is 1. The normalized spacial score (nSPS) is 20.8. The zero-order chi connectivity index (χ0) is 11.5. The number of morpholine rings is 1. The van der Waals surface area contributed by atoms with E-state index in [1.807, 2.05) is 11.8 Å². The van der Waals surface area contributed by atoms with E-state index < -0.39 is 0 Å². The molecule has 2 rings (SSSR count). The minimum absolute atomic E-state index is 0.0306. The Hall–Kier alpha value is -1.55. The molecule has 0 aliphatic carbocycles. The van der Waals surface area contributed by atoms with Crippen LogP contribution >= 0.6 is 0 Å². The molecule has 1 atom stereocenters. The van der Waals surface area contributed by atoms with Crippen molar-refractivity contribution in [3.8, 4) is 0 Å². The molecule has 86 valence electrons. The van der Waals surface area contributed by atoms with E-state index in [4.69, 9.17) is 10.5 Å². The number of hydrogen-bond donors (Lipinski definition) is 1. The second kappa shape index (κ2) is 4.53. The lowest BCUT2D eigenvalue weighted by Crippen LogP contribution is -2.47. The summed E-state index contributed by atoms with van der Waals surface area (Å²) in [4.78, 5) is 14.0. The van der Waals surface area contributed by atoms with Gasteiger partial charge in [-0.15, -0.1) is 0 Å². The summed E-state index contributed by atoms with van der Waals surface area (Å²) in [5, 5.41) is 0. The molecule has 1 aliphatic rings. The molecule has 2 N–H and O–H groups in total. The number of anilines is 1. The summed E-state index contributed by atoms with van der Waals surface area (Å²) < 4.78 is 5.30. The first-order chi connectivity index (χ1) is 7.68. The van der Waals surface area contributed by atoms with Crippen LogP contribution in [0.15, 0.2) is 24.3 Å². The topological polar surface area (TPSA) is 55.6 Å². The maximum absolute atomic E-state index is 12.2. The number of carbonyl (C=O) groups excluding carboxylic acids is 1. The Kier molecular flexibility index (Phi) is 3.10. The quantitative estimate of drug-likeness (QED) is 0.722. The van der Waals surface area contributed by atoms with Gasteiger partial charge in [0.25, 0.3) is 5.91 Å². The van der Waals surface area contributed by atoms with Crippen LogP contribution in [0.1, 0.15) is 17.3 Å². The Labute approximate surface area is 95.0 Å². The lowest BCUT2D eigenvalue weighted by atomic mass is 10.1. The maximum Gasteiger partial charge on any atom is 0.254 e. The number of benzene rings is 1. The van der Waals surface area contributed by atoms with E-state index in [9.17, 15) is 4.79 Å². The van der Waals surface area contributed by atoms with Crippen molar-refractivity contribution in [3.63, 3.8) is 0 Å². The SMILES string of the molecule is C[C@H]1COCCN1C(=O)c1cccc(N)c1. The van der Waals surface area contributed by atoms with E-state index in [2.05, 4.69) is 0 Å². The molecule has 0 radical (unpaired) electrons. The Bertz CT molecular complexity index is 392. The average Bonchev–Trinajstić information content (AvgIpc) is 2.29. The maximum atomic E-state index is 12.2. The summed E-state index contributed by atoms with van der Waals surface area (Å²) in [5.41, 5.74) is 6.93. The number of hydrogen-bond acceptors (Lipinski definition) is 3. The Morgan fingerprint density at radius 1 is 1.56 bits per heavy atom. The van der Waals surface area contributed by atoms with Crippen molar-refractivity contribution >= 4 is 11.6 Å². The van der Waals surface area contributed by atoms with E-state index in [1.165, 1.54) is 0 Å². The van der Waals surface area contributed by atoms with Gasteiger partial charge < -0.3 is 15.4 Å². The molecule has 1 aromatic rings. The number of nitrogens with zero attached hydrogens (tertiary/aromatic N) is 1. The first-order valence-corrected chi connectivity index (χ1v) is 5.43. The average molecular weight is 220 g/mol. The smallest absolute Gasteiger partial charge is 0.254 e. The molecule has 0 saturated carbocycles. The number of rotatable bonds is 1. The molecule has 4 heteroatoms. The van der Waals surface area contributed by atoms with Crippen molar-refractivity contribution in [2.45, 2.75) is 13.0 Å². The zero-order valence-electron chi connectivity index (χ0n) is 9.35. The second-order valence-corrected chi connectivity index (χ2v) is 4.05. The standard InChI is InChI=1S/C12H16N2O2/c1-9-8-16-6-5-14(9)12(15)10-3-2-4-11(13)7-10/h2-4,7,9H,5-6,8,13H2,1H3/t9-/m0/s1. The largest absolute Gasteiger partial charge is 0.399 e. The molecule has 16 heavy (non-hydrogen) atoms. The van der Waals surface area contributed by atoms with Crippen LogP contribution in [0, 0.1) is 0 Å². The van der Waals surface area contributed by atoms with Crippen LogP contribution in [0.4, 0.5) is 5.69 Å². The fourth-order valence-electron chi connectivity index (χ4n) is 1.87. The lowest BCUT2D eigenvalue weighted by Gasteiger charge is -2.33. The van der Waals surface area contributed by atoms with Crippen molar-refractivity contribution in [1.29, 1.82) is 0 Å². The monoisotopic (exact) mass is 220 g/mol. The van der Waals surface area contributed by atoms with Gasteiger partial charge in [0.15, 0.2) is 0 Å². The molecular formula is C12H16N2O2. The second-order valence-electron chi connectivity index (χ2n) is 4.05. The van der Waals surface area contributed by atoms with Gasteiger partial charge in [-0.3, -0.25) is 4.79 Å². The van der Waals surface area contributed by atoms with Crippen LogP contribution in [0.25, 0.3) is 0 Å². The molecule has 1 fully saturated rings. The van der Waals surface area contributed by atoms with Crippen LogP contribution in [0.5, 0.6) is 0 Å². The minimum Gasteiger partial charge on any atom is -0.399 e. The number of ether oxygens (including phenoxy) is 1. The van der Waals surface area contributed by atoms with Crippen LogP contribution in [-0.2, 0) is 4.74 Å². The van der Waals surface area contributed by atoms with Gasteiger partial charge in [-0.25, -0.2) is 0 Å².